The summed E-state index contributed by atoms with van der Waals surface area (Å²) in [5.74, 6) is -0.225. The van der Waals surface area contributed by atoms with Gasteiger partial charge in [0.25, 0.3) is 5.91 Å². The summed E-state index contributed by atoms with van der Waals surface area (Å²) in [6, 6.07) is 14.8. The van der Waals surface area contributed by atoms with Crippen LogP contribution in [0.3, 0.4) is 0 Å². The average molecular weight is 369 g/mol. The summed E-state index contributed by atoms with van der Waals surface area (Å²) < 4.78 is 26.4. The van der Waals surface area contributed by atoms with Gasteiger partial charge in [-0.2, -0.15) is 5.26 Å². The molecule has 0 fully saturated rings. The van der Waals surface area contributed by atoms with Crippen LogP contribution >= 0.6 is 0 Å². The molecule has 2 aromatic carbocycles. The van der Waals surface area contributed by atoms with Crippen LogP contribution in [-0.2, 0) is 16.6 Å². The van der Waals surface area contributed by atoms with E-state index in [2.05, 4.69) is 11.3 Å². The molecule has 0 aliphatic heterocycles. The summed E-state index contributed by atoms with van der Waals surface area (Å²) in [7, 11) is -1.95. The van der Waals surface area contributed by atoms with Gasteiger partial charge in [-0.15, -0.1) is 6.58 Å². The van der Waals surface area contributed by atoms with Crippen LogP contribution in [0.2, 0.25) is 0 Å². The van der Waals surface area contributed by atoms with Gasteiger partial charge in [-0.1, -0.05) is 18.2 Å². The van der Waals surface area contributed by atoms with Gasteiger partial charge in [-0.25, -0.2) is 13.1 Å². The minimum atomic E-state index is -3.61. The molecule has 0 aromatic heterocycles. The van der Waals surface area contributed by atoms with E-state index in [1.165, 1.54) is 35.2 Å². The molecule has 1 amide bonds. The van der Waals surface area contributed by atoms with Crippen molar-refractivity contribution >= 4 is 15.9 Å². The van der Waals surface area contributed by atoms with E-state index in [1.54, 1.807) is 31.3 Å². The summed E-state index contributed by atoms with van der Waals surface area (Å²) in [5.41, 5.74) is 1.85. The molecule has 0 unspecified atom stereocenters. The predicted molar refractivity (Wildman–Crippen MR) is 98.8 cm³/mol. The molecule has 0 atom stereocenters. The number of sulfonamides is 1. The van der Waals surface area contributed by atoms with Gasteiger partial charge in [0, 0.05) is 25.7 Å². The predicted octanol–water partition coefficient (Wildman–Crippen LogP) is 2.29. The highest BCUT2D eigenvalue weighted by Crippen LogP contribution is 2.13. The van der Waals surface area contributed by atoms with E-state index < -0.39 is 10.0 Å². The number of hydrogen-bond donors (Lipinski definition) is 1. The van der Waals surface area contributed by atoms with Crippen molar-refractivity contribution < 1.29 is 13.2 Å². The molecule has 2 aromatic rings. The van der Waals surface area contributed by atoms with E-state index in [0.717, 1.165) is 5.56 Å². The standard InChI is InChI=1S/C19H19N3O3S/c1-3-12-21-26(24,25)18-10-8-17(9-11-18)19(23)22(2)14-16-6-4-15(13-20)5-7-16/h3-11,21H,1,12,14H2,2H3. The summed E-state index contributed by atoms with van der Waals surface area (Å²) in [5, 5.41) is 8.81. The Labute approximate surface area is 153 Å². The number of benzene rings is 2. The number of nitriles is 1. The first-order valence-corrected chi connectivity index (χ1v) is 9.31. The molecule has 0 radical (unpaired) electrons. The summed E-state index contributed by atoms with van der Waals surface area (Å²) in [6.07, 6.45) is 1.45. The third-order valence-corrected chi connectivity index (χ3v) is 5.12. The second-order valence-corrected chi connectivity index (χ2v) is 7.40. The second kappa shape index (κ2) is 8.43. The van der Waals surface area contributed by atoms with E-state index in [1.807, 2.05) is 6.07 Å². The van der Waals surface area contributed by atoms with Gasteiger partial charge < -0.3 is 4.90 Å². The van der Waals surface area contributed by atoms with Crippen molar-refractivity contribution in [3.63, 3.8) is 0 Å². The van der Waals surface area contributed by atoms with Crippen LogP contribution < -0.4 is 4.72 Å². The number of carbonyl (C=O) groups is 1. The number of hydrogen-bond acceptors (Lipinski definition) is 4. The lowest BCUT2D eigenvalue weighted by molar-refractivity contribution is 0.0785. The largest absolute Gasteiger partial charge is 0.337 e. The fourth-order valence-electron chi connectivity index (χ4n) is 2.28. The fraction of sp³-hybridized carbons (Fsp3) is 0.158. The molecule has 0 bridgehead atoms. The monoisotopic (exact) mass is 369 g/mol. The van der Waals surface area contributed by atoms with Gasteiger partial charge in [-0.05, 0) is 42.0 Å². The molecule has 7 heteroatoms. The molecule has 0 aliphatic rings. The lowest BCUT2D eigenvalue weighted by Crippen LogP contribution is -2.26. The Bertz CT molecular complexity index is 927. The summed E-state index contributed by atoms with van der Waals surface area (Å²) >= 11 is 0. The Morgan fingerprint density at radius 3 is 2.35 bits per heavy atom. The zero-order valence-corrected chi connectivity index (χ0v) is 15.2. The van der Waals surface area contributed by atoms with E-state index in [9.17, 15) is 13.2 Å². The third kappa shape index (κ3) is 4.79. The second-order valence-electron chi connectivity index (χ2n) is 5.63. The maximum absolute atomic E-state index is 12.5. The maximum atomic E-state index is 12.5. The van der Waals surface area contributed by atoms with E-state index in [0.29, 0.717) is 17.7 Å². The Morgan fingerprint density at radius 2 is 1.81 bits per heavy atom. The van der Waals surface area contributed by atoms with Crippen molar-refractivity contribution in [2.24, 2.45) is 0 Å². The van der Waals surface area contributed by atoms with Crippen LogP contribution in [-0.4, -0.2) is 32.8 Å². The van der Waals surface area contributed by atoms with Crippen molar-refractivity contribution in [1.29, 1.82) is 5.26 Å². The normalized spacial score (nSPS) is 10.8. The first-order valence-electron chi connectivity index (χ1n) is 7.82. The molecule has 0 spiro atoms. The van der Waals surface area contributed by atoms with Crippen molar-refractivity contribution in [3.05, 3.63) is 77.9 Å². The topological polar surface area (TPSA) is 90.3 Å². The molecule has 26 heavy (non-hydrogen) atoms. The fourth-order valence-corrected chi connectivity index (χ4v) is 3.28. The lowest BCUT2D eigenvalue weighted by atomic mass is 10.1. The van der Waals surface area contributed by atoms with Crippen LogP contribution in [0.5, 0.6) is 0 Å². The summed E-state index contributed by atoms with van der Waals surface area (Å²) in [6.45, 7) is 3.98. The van der Waals surface area contributed by atoms with Gasteiger partial charge in [0.2, 0.25) is 10.0 Å². The molecule has 0 saturated heterocycles. The molecule has 1 N–H and O–H groups in total. The Morgan fingerprint density at radius 1 is 1.19 bits per heavy atom. The zero-order chi connectivity index (χ0) is 19.2. The molecular weight excluding hydrogens is 350 g/mol. The van der Waals surface area contributed by atoms with E-state index >= 15 is 0 Å². The third-order valence-electron chi connectivity index (χ3n) is 3.68. The first kappa shape index (κ1) is 19.4. The molecule has 0 saturated carbocycles. The van der Waals surface area contributed by atoms with Crippen LogP contribution in [0, 0.1) is 11.3 Å². The average Bonchev–Trinajstić information content (AvgIpc) is 2.66. The van der Waals surface area contributed by atoms with E-state index in [-0.39, 0.29) is 17.3 Å². The van der Waals surface area contributed by atoms with Gasteiger partial charge in [0.05, 0.1) is 16.5 Å². The SMILES string of the molecule is C=CCNS(=O)(=O)c1ccc(C(=O)N(C)Cc2ccc(C#N)cc2)cc1. The van der Waals surface area contributed by atoms with Crippen molar-refractivity contribution in [2.75, 3.05) is 13.6 Å². The number of nitrogens with zero attached hydrogens (tertiary/aromatic N) is 2. The maximum Gasteiger partial charge on any atom is 0.253 e. The molecule has 0 heterocycles. The quantitative estimate of drug-likeness (QED) is 0.758. The van der Waals surface area contributed by atoms with Crippen molar-refractivity contribution in [1.82, 2.24) is 9.62 Å². The number of carbonyl (C=O) groups excluding carboxylic acids is 1. The number of amides is 1. The van der Waals surface area contributed by atoms with Gasteiger partial charge >= 0.3 is 0 Å². The highest BCUT2D eigenvalue weighted by molar-refractivity contribution is 7.89. The van der Waals surface area contributed by atoms with Gasteiger partial charge in [0.1, 0.15) is 0 Å². The molecule has 0 aliphatic carbocycles. The number of rotatable bonds is 7. The van der Waals surface area contributed by atoms with Crippen LogP contribution in [0.4, 0.5) is 0 Å². The van der Waals surface area contributed by atoms with E-state index in [4.69, 9.17) is 5.26 Å². The lowest BCUT2D eigenvalue weighted by Gasteiger charge is -2.17. The Balaban J connectivity index is 2.08. The molecule has 6 nitrogen and oxygen atoms in total. The highest BCUT2D eigenvalue weighted by Gasteiger charge is 2.16. The Kier molecular flexibility index (Phi) is 6.28. The minimum absolute atomic E-state index is 0.0886. The smallest absolute Gasteiger partial charge is 0.253 e. The van der Waals surface area contributed by atoms with Crippen LogP contribution in [0.1, 0.15) is 21.5 Å². The minimum Gasteiger partial charge on any atom is -0.337 e. The zero-order valence-electron chi connectivity index (χ0n) is 14.3. The first-order chi connectivity index (χ1) is 12.4. The Hall–Kier alpha value is -2.95. The van der Waals surface area contributed by atoms with Crippen molar-refractivity contribution in [2.45, 2.75) is 11.4 Å². The van der Waals surface area contributed by atoms with Crippen LogP contribution in [0.25, 0.3) is 0 Å². The highest BCUT2D eigenvalue weighted by atomic mass is 32.2. The number of nitrogens with one attached hydrogen (secondary N) is 1. The molecule has 134 valence electrons. The van der Waals surface area contributed by atoms with Gasteiger partial charge in [-0.3, -0.25) is 4.79 Å². The molecule has 2 rings (SSSR count). The van der Waals surface area contributed by atoms with Crippen molar-refractivity contribution in [3.8, 4) is 6.07 Å². The summed E-state index contributed by atoms with van der Waals surface area (Å²) in [4.78, 5) is 14.1. The van der Waals surface area contributed by atoms with Gasteiger partial charge in [0.15, 0.2) is 0 Å². The molecular formula is C19H19N3O3S. The van der Waals surface area contributed by atoms with Crippen LogP contribution in [0.15, 0.2) is 66.1 Å².